The number of amides is 1. The van der Waals surface area contributed by atoms with Gasteiger partial charge in [-0.25, -0.2) is 4.99 Å². The second-order valence-corrected chi connectivity index (χ2v) is 5.04. The van der Waals surface area contributed by atoms with Gasteiger partial charge in [-0.05, 0) is 25.0 Å². The quantitative estimate of drug-likeness (QED) is 0.697. The number of likely N-dealkylation sites (N-methyl/N-ethyl adjacent to an activating group) is 1. The number of carbonyl (C=O) groups excluding carboxylic acids is 1. The number of hydrogen-bond donors (Lipinski definition) is 0. The molecule has 1 amide bonds. The summed E-state index contributed by atoms with van der Waals surface area (Å²) >= 11 is 0. The Balaban J connectivity index is 2.17. The average Bonchev–Trinajstić information content (AvgIpc) is 2.80. The van der Waals surface area contributed by atoms with Gasteiger partial charge in [-0.15, -0.1) is 0 Å². The molecule has 0 aliphatic carbocycles. The highest BCUT2D eigenvalue weighted by Crippen LogP contribution is 2.31. The van der Waals surface area contributed by atoms with E-state index in [9.17, 15) is 4.79 Å². The standard InChI is InChI=1S/C14H17N3O/c1-16(2)13-12-8-5-9-17(12)14(18)10-6-3-4-7-11(10)15-13/h3-4,6-7,12H,5,8-9H2,1-2H3/t12-/m0/s1. The van der Waals surface area contributed by atoms with Crippen molar-refractivity contribution in [3.05, 3.63) is 29.8 Å². The highest BCUT2D eigenvalue weighted by molar-refractivity contribution is 6.06. The van der Waals surface area contributed by atoms with Crippen LogP contribution in [0.15, 0.2) is 29.3 Å². The van der Waals surface area contributed by atoms with Crippen molar-refractivity contribution in [2.45, 2.75) is 18.9 Å². The molecule has 0 radical (unpaired) electrons. The summed E-state index contributed by atoms with van der Waals surface area (Å²) in [5.74, 6) is 1.11. The Hall–Kier alpha value is -1.84. The molecule has 2 aliphatic rings. The molecule has 1 atom stereocenters. The summed E-state index contributed by atoms with van der Waals surface area (Å²) in [4.78, 5) is 21.2. The molecule has 0 aromatic heterocycles. The zero-order chi connectivity index (χ0) is 12.7. The van der Waals surface area contributed by atoms with E-state index in [1.54, 1.807) is 0 Å². The zero-order valence-electron chi connectivity index (χ0n) is 10.8. The third-order valence-electron chi connectivity index (χ3n) is 3.64. The molecule has 1 saturated heterocycles. The Morgan fingerprint density at radius 2 is 2.11 bits per heavy atom. The van der Waals surface area contributed by atoms with Gasteiger partial charge in [0.1, 0.15) is 5.84 Å². The highest BCUT2D eigenvalue weighted by Gasteiger charge is 2.36. The van der Waals surface area contributed by atoms with Gasteiger partial charge in [0.2, 0.25) is 0 Å². The van der Waals surface area contributed by atoms with Gasteiger partial charge >= 0.3 is 0 Å². The molecule has 2 heterocycles. The van der Waals surface area contributed by atoms with E-state index in [4.69, 9.17) is 4.99 Å². The first-order valence-corrected chi connectivity index (χ1v) is 6.34. The molecule has 3 rings (SSSR count). The van der Waals surface area contributed by atoms with E-state index in [-0.39, 0.29) is 11.9 Å². The third kappa shape index (κ3) is 1.60. The first-order chi connectivity index (χ1) is 8.68. The number of benzene rings is 1. The normalized spacial score (nSPS) is 22.1. The topological polar surface area (TPSA) is 35.9 Å². The zero-order valence-corrected chi connectivity index (χ0v) is 10.8. The SMILES string of the molecule is CN(C)C1=Nc2ccccc2C(=O)N2CCC[C@@H]12. The lowest BCUT2D eigenvalue weighted by Gasteiger charge is -2.27. The van der Waals surface area contributed by atoms with Gasteiger partial charge in [-0.3, -0.25) is 4.79 Å². The van der Waals surface area contributed by atoms with Crippen LogP contribution in [0.25, 0.3) is 0 Å². The molecule has 0 bridgehead atoms. The maximum absolute atomic E-state index is 12.5. The van der Waals surface area contributed by atoms with Crippen LogP contribution >= 0.6 is 0 Å². The van der Waals surface area contributed by atoms with Gasteiger partial charge in [0.15, 0.2) is 0 Å². The smallest absolute Gasteiger partial charge is 0.256 e. The van der Waals surface area contributed by atoms with Crippen molar-refractivity contribution < 1.29 is 4.79 Å². The van der Waals surface area contributed by atoms with Crippen molar-refractivity contribution in [3.63, 3.8) is 0 Å². The van der Waals surface area contributed by atoms with Crippen LogP contribution in [0.4, 0.5) is 5.69 Å². The summed E-state index contributed by atoms with van der Waals surface area (Å²) in [6.07, 6.45) is 2.07. The second-order valence-electron chi connectivity index (χ2n) is 5.04. The first-order valence-electron chi connectivity index (χ1n) is 6.34. The van der Waals surface area contributed by atoms with Crippen LogP contribution < -0.4 is 0 Å². The van der Waals surface area contributed by atoms with Gasteiger partial charge in [0, 0.05) is 20.6 Å². The van der Waals surface area contributed by atoms with Crippen LogP contribution in [-0.4, -0.2) is 48.2 Å². The number of aliphatic imine (C=N–C) groups is 1. The van der Waals surface area contributed by atoms with Gasteiger partial charge in [0.05, 0.1) is 17.3 Å². The largest absolute Gasteiger partial charge is 0.364 e. The van der Waals surface area contributed by atoms with E-state index >= 15 is 0 Å². The van der Waals surface area contributed by atoms with Crippen LogP contribution in [0.2, 0.25) is 0 Å². The molecule has 0 saturated carbocycles. The van der Waals surface area contributed by atoms with Crippen molar-refractivity contribution >= 4 is 17.4 Å². The Morgan fingerprint density at radius 3 is 2.89 bits per heavy atom. The summed E-state index contributed by atoms with van der Waals surface area (Å²) in [5.41, 5.74) is 1.52. The van der Waals surface area contributed by atoms with Crippen LogP contribution in [0.1, 0.15) is 23.2 Å². The number of nitrogens with zero attached hydrogens (tertiary/aromatic N) is 3. The lowest BCUT2D eigenvalue weighted by atomic mass is 10.1. The fraction of sp³-hybridized carbons (Fsp3) is 0.429. The van der Waals surface area contributed by atoms with Crippen molar-refractivity contribution in [2.24, 2.45) is 4.99 Å². The molecule has 1 aromatic carbocycles. The number of para-hydroxylation sites is 1. The number of rotatable bonds is 0. The molecule has 94 valence electrons. The first kappa shape index (κ1) is 11.3. The minimum atomic E-state index is 0.119. The van der Waals surface area contributed by atoms with Gasteiger partial charge in [0.25, 0.3) is 5.91 Å². The summed E-state index contributed by atoms with van der Waals surface area (Å²) in [5, 5.41) is 0. The monoisotopic (exact) mass is 243 g/mol. The Morgan fingerprint density at radius 1 is 1.33 bits per heavy atom. The van der Waals surface area contributed by atoms with E-state index in [0.717, 1.165) is 36.5 Å². The van der Waals surface area contributed by atoms with Crippen LogP contribution in [0.3, 0.4) is 0 Å². The maximum atomic E-state index is 12.5. The van der Waals surface area contributed by atoms with E-state index in [1.807, 2.05) is 48.2 Å². The Bertz CT molecular complexity index is 522. The molecule has 0 unspecified atom stereocenters. The van der Waals surface area contributed by atoms with E-state index in [1.165, 1.54) is 0 Å². The molecule has 0 spiro atoms. The summed E-state index contributed by atoms with van der Waals surface area (Å²) in [6.45, 7) is 0.838. The third-order valence-corrected chi connectivity index (χ3v) is 3.64. The predicted octanol–water partition coefficient (Wildman–Crippen LogP) is 1.90. The molecule has 0 N–H and O–H groups in total. The summed E-state index contributed by atoms with van der Waals surface area (Å²) in [6, 6.07) is 7.76. The number of fused-ring (bicyclic) bond motifs is 2. The molecule has 4 nitrogen and oxygen atoms in total. The van der Waals surface area contributed by atoms with Crippen molar-refractivity contribution in [1.29, 1.82) is 0 Å². The predicted molar refractivity (Wildman–Crippen MR) is 71.3 cm³/mol. The van der Waals surface area contributed by atoms with Crippen LogP contribution in [0, 0.1) is 0 Å². The molecular formula is C14H17N3O. The van der Waals surface area contributed by atoms with Crippen LogP contribution in [0.5, 0.6) is 0 Å². The molecule has 2 aliphatic heterocycles. The van der Waals surface area contributed by atoms with E-state index in [0.29, 0.717) is 0 Å². The molecule has 4 heteroatoms. The van der Waals surface area contributed by atoms with Gasteiger partial charge in [-0.1, -0.05) is 12.1 Å². The molecule has 18 heavy (non-hydrogen) atoms. The lowest BCUT2D eigenvalue weighted by Crippen LogP contribution is -2.44. The summed E-state index contributed by atoms with van der Waals surface area (Å²) < 4.78 is 0. The molecule has 1 aromatic rings. The minimum absolute atomic E-state index is 0.119. The number of amidine groups is 1. The fourth-order valence-electron chi connectivity index (χ4n) is 2.78. The number of hydrogen-bond acceptors (Lipinski definition) is 3. The average molecular weight is 243 g/mol. The summed E-state index contributed by atoms with van der Waals surface area (Å²) in [7, 11) is 3.99. The molecule has 1 fully saturated rings. The molecular weight excluding hydrogens is 226 g/mol. The maximum Gasteiger partial charge on any atom is 0.256 e. The van der Waals surface area contributed by atoms with Crippen LogP contribution in [-0.2, 0) is 0 Å². The van der Waals surface area contributed by atoms with Crippen molar-refractivity contribution in [1.82, 2.24) is 9.80 Å². The Labute approximate surface area is 107 Å². The van der Waals surface area contributed by atoms with E-state index in [2.05, 4.69) is 0 Å². The van der Waals surface area contributed by atoms with Crippen molar-refractivity contribution in [3.8, 4) is 0 Å². The van der Waals surface area contributed by atoms with Crippen molar-refractivity contribution in [2.75, 3.05) is 20.6 Å². The fourth-order valence-corrected chi connectivity index (χ4v) is 2.78. The van der Waals surface area contributed by atoms with Gasteiger partial charge < -0.3 is 9.80 Å². The number of carbonyl (C=O) groups is 1. The van der Waals surface area contributed by atoms with E-state index < -0.39 is 0 Å². The second kappa shape index (κ2) is 4.12. The van der Waals surface area contributed by atoms with Gasteiger partial charge in [-0.2, -0.15) is 0 Å². The highest BCUT2D eigenvalue weighted by atomic mass is 16.2. The Kier molecular flexibility index (Phi) is 2.58. The minimum Gasteiger partial charge on any atom is -0.364 e. The lowest BCUT2D eigenvalue weighted by molar-refractivity contribution is 0.0769.